The molecule has 2 aromatic rings. The molecular formula is C15H9Cl4NO3. The summed E-state index contributed by atoms with van der Waals surface area (Å²) >= 11 is 23.4. The highest BCUT2D eigenvalue weighted by atomic mass is 35.5. The normalized spacial score (nSPS) is 10.4. The molecule has 8 heteroatoms. The van der Waals surface area contributed by atoms with Gasteiger partial charge in [0.05, 0.1) is 25.7 Å². The summed E-state index contributed by atoms with van der Waals surface area (Å²) in [5.41, 5.74) is 0.673. The number of carbonyl (C=O) groups excluding carboxylic acids is 1. The van der Waals surface area contributed by atoms with Crippen molar-refractivity contribution in [2.75, 3.05) is 0 Å². The molecule has 23 heavy (non-hydrogen) atoms. The maximum absolute atomic E-state index is 12.1. The van der Waals surface area contributed by atoms with E-state index in [-0.39, 0.29) is 27.7 Å². The maximum Gasteiger partial charge on any atom is 0.338 e. The molecule has 0 aliphatic carbocycles. The predicted molar refractivity (Wildman–Crippen MR) is 91.1 cm³/mol. The minimum absolute atomic E-state index is 0.107. The molecule has 1 amide bonds. The molecule has 2 aromatic carbocycles. The average Bonchev–Trinajstić information content (AvgIpc) is 2.47. The van der Waals surface area contributed by atoms with Crippen LogP contribution in [0.3, 0.4) is 0 Å². The Labute approximate surface area is 151 Å². The lowest BCUT2D eigenvalue weighted by Crippen LogP contribution is -2.23. The Morgan fingerprint density at radius 1 is 0.913 bits per heavy atom. The van der Waals surface area contributed by atoms with Crippen molar-refractivity contribution in [3.63, 3.8) is 0 Å². The fourth-order valence-electron chi connectivity index (χ4n) is 1.84. The van der Waals surface area contributed by atoms with Gasteiger partial charge in [-0.05, 0) is 29.8 Å². The van der Waals surface area contributed by atoms with Crippen molar-refractivity contribution in [3.05, 3.63) is 67.1 Å². The number of carbonyl (C=O) groups is 2. The van der Waals surface area contributed by atoms with E-state index < -0.39 is 11.9 Å². The van der Waals surface area contributed by atoms with Crippen LogP contribution in [0.2, 0.25) is 20.1 Å². The van der Waals surface area contributed by atoms with E-state index >= 15 is 0 Å². The molecule has 0 saturated carbocycles. The van der Waals surface area contributed by atoms with Crippen LogP contribution in [-0.4, -0.2) is 17.0 Å². The Bertz CT molecular complexity index is 769. The van der Waals surface area contributed by atoms with Crippen molar-refractivity contribution in [2.24, 2.45) is 0 Å². The summed E-state index contributed by atoms with van der Waals surface area (Å²) < 4.78 is 0. The molecule has 0 saturated heterocycles. The first-order chi connectivity index (χ1) is 10.8. The Kier molecular flexibility index (Phi) is 5.76. The van der Waals surface area contributed by atoms with E-state index in [0.717, 1.165) is 5.56 Å². The molecule has 2 rings (SSSR count). The van der Waals surface area contributed by atoms with Crippen LogP contribution in [-0.2, 0) is 6.54 Å². The molecule has 0 aliphatic heterocycles. The molecule has 0 fully saturated rings. The van der Waals surface area contributed by atoms with Gasteiger partial charge in [-0.1, -0.05) is 52.5 Å². The molecule has 0 spiro atoms. The van der Waals surface area contributed by atoms with Gasteiger partial charge in [0.25, 0.3) is 5.91 Å². The lowest BCUT2D eigenvalue weighted by atomic mass is 10.1. The summed E-state index contributed by atoms with van der Waals surface area (Å²) in [5.74, 6) is -1.71. The van der Waals surface area contributed by atoms with Gasteiger partial charge in [-0.15, -0.1) is 0 Å². The van der Waals surface area contributed by atoms with Gasteiger partial charge in [-0.25, -0.2) is 4.79 Å². The van der Waals surface area contributed by atoms with Crippen molar-refractivity contribution < 1.29 is 14.7 Å². The van der Waals surface area contributed by atoms with Crippen molar-refractivity contribution in [1.29, 1.82) is 0 Å². The van der Waals surface area contributed by atoms with Gasteiger partial charge in [-0.2, -0.15) is 0 Å². The van der Waals surface area contributed by atoms with Crippen LogP contribution >= 0.6 is 46.4 Å². The second-order valence-corrected chi connectivity index (χ2v) is 6.18. The van der Waals surface area contributed by atoms with E-state index in [4.69, 9.17) is 51.5 Å². The molecule has 2 N–H and O–H groups in total. The number of carboxylic acid groups (broad SMARTS) is 1. The molecule has 0 radical (unpaired) electrons. The molecule has 0 aromatic heterocycles. The van der Waals surface area contributed by atoms with Gasteiger partial charge in [-0.3, -0.25) is 4.79 Å². The zero-order valence-corrected chi connectivity index (χ0v) is 14.4. The molecule has 4 nitrogen and oxygen atoms in total. The lowest BCUT2D eigenvalue weighted by molar-refractivity contribution is 0.0696. The van der Waals surface area contributed by atoms with Crippen LogP contribution in [0, 0.1) is 0 Å². The van der Waals surface area contributed by atoms with Crippen molar-refractivity contribution in [1.82, 2.24) is 5.32 Å². The number of carboxylic acids is 1. The lowest BCUT2D eigenvalue weighted by Gasteiger charge is -2.09. The number of halogens is 4. The highest BCUT2D eigenvalue weighted by Gasteiger charge is 2.17. The number of nitrogens with one attached hydrogen (secondary N) is 1. The molecular weight excluding hydrogens is 384 g/mol. The molecule has 0 unspecified atom stereocenters. The van der Waals surface area contributed by atoms with E-state index in [0.29, 0.717) is 10.0 Å². The highest BCUT2D eigenvalue weighted by Crippen LogP contribution is 2.27. The second kappa shape index (κ2) is 7.41. The first kappa shape index (κ1) is 17.9. The van der Waals surface area contributed by atoms with Gasteiger partial charge in [0.15, 0.2) is 0 Å². The van der Waals surface area contributed by atoms with Gasteiger partial charge >= 0.3 is 5.97 Å². The number of amides is 1. The van der Waals surface area contributed by atoms with Crippen LogP contribution in [0.5, 0.6) is 0 Å². The third kappa shape index (κ3) is 4.30. The largest absolute Gasteiger partial charge is 0.478 e. The Hall–Kier alpha value is -1.46. The number of hydrogen-bond donors (Lipinski definition) is 2. The first-order valence-electron chi connectivity index (χ1n) is 6.24. The third-order valence-electron chi connectivity index (χ3n) is 2.96. The van der Waals surface area contributed by atoms with E-state index in [2.05, 4.69) is 5.32 Å². The maximum atomic E-state index is 12.1. The van der Waals surface area contributed by atoms with Crippen molar-refractivity contribution >= 4 is 58.3 Å². The number of benzene rings is 2. The van der Waals surface area contributed by atoms with Gasteiger partial charge in [0.2, 0.25) is 0 Å². The van der Waals surface area contributed by atoms with E-state index in [1.165, 1.54) is 12.1 Å². The fraction of sp³-hybridized carbons (Fsp3) is 0.0667. The summed E-state index contributed by atoms with van der Waals surface area (Å²) in [5, 5.41) is 12.2. The van der Waals surface area contributed by atoms with Crippen molar-refractivity contribution in [2.45, 2.75) is 6.54 Å². The molecule has 0 atom stereocenters. The summed E-state index contributed by atoms with van der Waals surface area (Å²) in [6.07, 6.45) is 0. The standard InChI is InChI=1S/C15H9Cl4NO3/c16-9-2-1-7(3-10(9)17)6-20-14(21)8-4-11(18)13(15(22)23)12(19)5-8/h1-5H,6H2,(H,20,21)(H,22,23). The van der Waals surface area contributed by atoms with Crippen LogP contribution in [0.1, 0.15) is 26.3 Å². The third-order valence-corrected chi connectivity index (χ3v) is 4.29. The second-order valence-electron chi connectivity index (χ2n) is 4.55. The zero-order valence-electron chi connectivity index (χ0n) is 11.4. The number of aromatic carboxylic acids is 1. The minimum Gasteiger partial charge on any atom is -0.478 e. The smallest absolute Gasteiger partial charge is 0.338 e. The monoisotopic (exact) mass is 391 g/mol. The van der Waals surface area contributed by atoms with Gasteiger partial charge < -0.3 is 10.4 Å². The average molecular weight is 393 g/mol. The quantitative estimate of drug-likeness (QED) is 0.775. The van der Waals surface area contributed by atoms with Crippen molar-refractivity contribution in [3.8, 4) is 0 Å². The molecule has 0 bridgehead atoms. The Morgan fingerprint density at radius 3 is 2.04 bits per heavy atom. The SMILES string of the molecule is O=C(NCc1ccc(Cl)c(Cl)c1)c1cc(Cl)c(C(=O)O)c(Cl)c1. The fourth-order valence-corrected chi connectivity index (χ4v) is 2.81. The van der Waals surface area contributed by atoms with E-state index in [1.54, 1.807) is 18.2 Å². The summed E-state index contributed by atoms with van der Waals surface area (Å²) in [6, 6.07) is 7.49. The number of hydrogen-bond acceptors (Lipinski definition) is 2. The number of rotatable bonds is 4. The Balaban J connectivity index is 2.15. The van der Waals surface area contributed by atoms with E-state index in [9.17, 15) is 9.59 Å². The predicted octanol–water partition coefficient (Wildman–Crippen LogP) is 4.93. The molecule has 0 heterocycles. The highest BCUT2D eigenvalue weighted by molar-refractivity contribution is 6.42. The summed E-state index contributed by atoms with van der Waals surface area (Å²) in [6.45, 7) is 0.214. The van der Waals surface area contributed by atoms with E-state index in [1.807, 2.05) is 0 Å². The molecule has 0 aliphatic rings. The minimum atomic E-state index is -1.26. The summed E-state index contributed by atoms with van der Waals surface area (Å²) in [7, 11) is 0. The Morgan fingerprint density at radius 2 is 1.52 bits per heavy atom. The zero-order chi connectivity index (χ0) is 17.1. The van der Waals surface area contributed by atoms with Gasteiger partial charge in [0.1, 0.15) is 0 Å². The van der Waals surface area contributed by atoms with Crippen LogP contribution in [0.4, 0.5) is 0 Å². The topological polar surface area (TPSA) is 66.4 Å². The van der Waals surface area contributed by atoms with Crippen LogP contribution in [0.25, 0.3) is 0 Å². The summed E-state index contributed by atoms with van der Waals surface area (Å²) in [4.78, 5) is 23.1. The van der Waals surface area contributed by atoms with Crippen LogP contribution in [0.15, 0.2) is 30.3 Å². The van der Waals surface area contributed by atoms with Gasteiger partial charge in [0, 0.05) is 12.1 Å². The van der Waals surface area contributed by atoms with Crippen LogP contribution < -0.4 is 5.32 Å². The first-order valence-corrected chi connectivity index (χ1v) is 7.75. The molecule has 120 valence electrons.